The SMILES string of the molecule is COc1cccc([C@H](CNC(=S)Nc2ccc([N+](=O)[O-])cc2)[NH+](C)C)c1. The molecule has 0 radical (unpaired) electrons. The molecule has 0 amide bonds. The number of hydrogen-bond donors (Lipinski definition) is 3. The number of hydrogen-bond acceptors (Lipinski definition) is 4. The van der Waals surface area contributed by atoms with Crippen LogP contribution in [0.5, 0.6) is 5.75 Å². The average molecular weight is 375 g/mol. The molecular formula is C18H23N4O3S+. The molecule has 0 bridgehead atoms. The zero-order valence-electron chi connectivity index (χ0n) is 15.0. The molecule has 0 saturated heterocycles. The minimum atomic E-state index is -0.432. The van der Waals surface area contributed by atoms with Gasteiger partial charge in [-0.25, -0.2) is 0 Å². The van der Waals surface area contributed by atoms with Gasteiger partial charge in [0.05, 0.1) is 32.7 Å². The highest BCUT2D eigenvalue weighted by atomic mass is 32.1. The van der Waals surface area contributed by atoms with Crippen molar-refractivity contribution in [3.63, 3.8) is 0 Å². The third kappa shape index (κ3) is 5.40. The number of nitrogens with zero attached hydrogens (tertiary/aromatic N) is 1. The zero-order valence-corrected chi connectivity index (χ0v) is 15.8. The number of nitro benzene ring substituents is 1. The Balaban J connectivity index is 1.97. The topological polar surface area (TPSA) is 80.9 Å². The van der Waals surface area contributed by atoms with Crippen molar-refractivity contribution in [2.24, 2.45) is 0 Å². The van der Waals surface area contributed by atoms with Crippen molar-refractivity contribution in [1.29, 1.82) is 0 Å². The van der Waals surface area contributed by atoms with Crippen molar-refractivity contribution < 1.29 is 14.6 Å². The van der Waals surface area contributed by atoms with Crippen LogP contribution in [0.3, 0.4) is 0 Å². The van der Waals surface area contributed by atoms with E-state index in [1.165, 1.54) is 17.0 Å². The van der Waals surface area contributed by atoms with Gasteiger partial charge >= 0.3 is 0 Å². The summed E-state index contributed by atoms with van der Waals surface area (Å²) in [5.41, 5.74) is 1.89. The molecule has 0 aromatic heterocycles. The molecule has 2 aromatic carbocycles. The van der Waals surface area contributed by atoms with E-state index in [9.17, 15) is 10.1 Å². The number of benzene rings is 2. The first-order valence-electron chi connectivity index (χ1n) is 8.14. The zero-order chi connectivity index (χ0) is 19.1. The molecule has 2 rings (SSSR count). The molecule has 0 spiro atoms. The Morgan fingerprint density at radius 3 is 2.54 bits per heavy atom. The second-order valence-electron chi connectivity index (χ2n) is 6.05. The number of nitro groups is 1. The van der Waals surface area contributed by atoms with E-state index in [1.54, 1.807) is 19.2 Å². The lowest BCUT2D eigenvalue weighted by molar-refractivity contribution is -0.890. The summed E-state index contributed by atoms with van der Waals surface area (Å²) in [5.74, 6) is 0.820. The Bertz CT molecular complexity index is 765. The van der Waals surface area contributed by atoms with Crippen LogP contribution in [0, 0.1) is 10.1 Å². The molecule has 0 heterocycles. The Hall–Kier alpha value is -2.71. The molecule has 0 unspecified atom stereocenters. The van der Waals surface area contributed by atoms with Gasteiger partial charge in [-0.1, -0.05) is 12.1 Å². The molecule has 8 heteroatoms. The standard InChI is InChI=1S/C18H22N4O3S/c1-21(2)17(13-5-4-6-16(11-13)25-3)12-19-18(26)20-14-7-9-15(10-8-14)22(23)24/h4-11,17H,12H2,1-3H3,(H2,19,20,26)/p+1/t17-/m0/s1. The summed E-state index contributed by atoms with van der Waals surface area (Å²) in [5, 5.41) is 17.4. The number of likely N-dealkylation sites (N-methyl/N-ethyl adjacent to an activating group) is 1. The monoisotopic (exact) mass is 375 g/mol. The molecule has 0 aliphatic heterocycles. The van der Waals surface area contributed by atoms with Crippen LogP contribution in [0.25, 0.3) is 0 Å². The first kappa shape index (κ1) is 19.6. The van der Waals surface area contributed by atoms with Gasteiger partial charge in [-0.05, 0) is 36.5 Å². The molecule has 2 aromatic rings. The van der Waals surface area contributed by atoms with E-state index in [-0.39, 0.29) is 11.7 Å². The van der Waals surface area contributed by atoms with E-state index in [0.29, 0.717) is 17.3 Å². The lowest BCUT2D eigenvalue weighted by atomic mass is 10.1. The predicted molar refractivity (Wildman–Crippen MR) is 106 cm³/mol. The summed E-state index contributed by atoms with van der Waals surface area (Å²) >= 11 is 5.33. The minimum Gasteiger partial charge on any atom is -0.497 e. The van der Waals surface area contributed by atoms with Crippen molar-refractivity contribution in [2.45, 2.75) is 6.04 Å². The van der Waals surface area contributed by atoms with Crippen molar-refractivity contribution >= 4 is 28.7 Å². The third-order valence-electron chi connectivity index (χ3n) is 4.00. The van der Waals surface area contributed by atoms with Crippen LogP contribution in [-0.2, 0) is 0 Å². The van der Waals surface area contributed by atoms with Gasteiger partial charge in [0.1, 0.15) is 11.8 Å². The molecular weight excluding hydrogens is 352 g/mol. The maximum atomic E-state index is 10.7. The van der Waals surface area contributed by atoms with Gasteiger partial charge in [-0.2, -0.15) is 0 Å². The van der Waals surface area contributed by atoms with Gasteiger partial charge in [0, 0.05) is 23.4 Å². The van der Waals surface area contributed by atoms with Crippen LogP contribution in [0.4, 0.5) is 11.4 Å². The van der Waals surface area contributed by atoms with Gasteiger partial charge in [0.15, 0.2) is 5.11 Å². The number of non-ortho nitro benzene ring substituents is 1. The normalized spacial score (nSPS) is 11.7. The Morgan fingerprint density at radius 1 is 1.27 bits per heavy atom. The second-order valence-corrected chi connectivity index (χ2v) is 6.45. The van der Waals surface area contributed by atoms with Gasteiger partial charge in [0.2, 0.25) is 0 Å². The first-order valence-corrected chi connectivity index (χ1v) is 8.55. The molecule has 1 atom stereocenters. The van der Waals surface area contributed by atoms with E-state index in [2.05, 4.69) is 30.8 Å². The van der Waals surface area contributed by atoms with E-state index in [0.717, 1.165) is 11.3 Å². The number of anilines is 1. The van der Waals surface area contributed by atoms with Crippen LogP contribution >= 0.6 is 12.2 Å². The fourth-order valence-corrected chi connectivity index (χ4v) is 2.75. The average Bonchev–Trinajstić information content (AvgIpc) is 2.62. The smallest absolute Gasteiger partial charge is 0.269 e. The Labute approximate surface area is 158 Å². The summed E-state index contributed by atoms with van der Waals surface area (Å²) in [4.78, 5) is 11.5. The lowest BCUT2D eigenvalue weighted by Gasteiger charge is -2.23. The Kier molecular flexibility index (Phi) is 6.88. The molecule has 138 valence electrons. The quantitative estimate of drug-likeness (QED) is 0.389. The highest BCUT2D eigenvalue weighted by molar-refractivity contribution is 7.80. The van der Waals surface area contributed by atoms with E-state index >= 15 is 0 Å². The predicted octanol–water partition coefficient (Wildman–Crippen LogP) is 1.78. The maximum Gasteiger partial charge on any atom is 0.269 e. The van der Waals surface area contributed by atoms with Gasteiger partial charge in [-0.15, -0.1) is 0 Å². The fourth-order valence-electron chi connectivity index (χ4n) is 2.55. The highest BCUT2D eigenvalue weighted by Crippen LogP contribution is 2.17. The third-order valence-corrected chi connectivity index (χ3v) is 4.24. The van der Waals surface area contributed by atoms with Crippen LogP contribution in [0.2, 0.25) is 0 Å². The molecule has 0 aliphatic carbocycles. The number of nitrogens with one attached hydrogen (secondary N) is 3. The van der Waals surface area contributed by atoms with Crippen molar-refractivity contribution in [3.8, 4) is 5.75 Å². The summed E-state index contributed by atoms with van der Waals surface area (Å²) in [6, 6.07) is 14.3. The van der Waals surface area contributed by atoms with Crippen LogP contribution in [0.1, 0.15) is 11.6 Å². The minimum absolute atomic E-state index is 0.0451. The number of ether oxygens (including phenoxy) is 1. The molecule has 0 aliphatic rings. The van der Waals surface area contributed by atoms with Crippen LogP contribution in [-0.4, -0.2) is 37.8 Å². The highest BCUT2D eigenvalue weighted by Gasteiger charge is 2.18. The molecule has 7 nitrogen and oxygen atoms in total. The maximum absolute atomic E-state index is 10.7. The largest absolute Gasteiger partial charge is 0.497 e. The molecule has 0 saturated carbocycles. The van der Waals surface area contributed by atoms with E-state index in [1.807, 2.05) is 18.2 Å². The van der Waals surface area contributed by atoms with Crippen molar-refractivity contribution in [3.05, 3.63) is 64.2 Å². The summed E-state index contributed by atoms with van der Waals surface area (Å²) in [7, 11) is 5.81. The van der Waals surface area contributed by atoms with Crippen LogP contribution in [0.15, 0.2) is 48.5 Å². The lowest BCUT2D eigenvalue weighted by Crippen LogP contribution is -3.07. The Morgan fingerprint density at radius 2 is 1.96 bits per heavy atom. The molecule has 0 fully saturated rings. The van der Waals surface area contributed by atoms with E-state index in [4.69, 9.17) is 17.0 Å². The molecule has 3 N–H and O–H groups in total. The molecule has 26 heavy (non-hydrogen) atoms. The number of thiocarbonyl (C=S) groups is 1. The second kappa shape index (κ2) is 9.12. The summed E-state index contributed by atoms with van der Waals surface area (Å²) < 4.78 is 5.30. The van der Waals surface area contributed by atoms with Crippen molar-refractivity contribution in [2.75, 3.05) is 33.1 Å². The summed E-state index contributed by atoms with van der Waals surface area (Å²) in [6.45, 7) is 0.633. The number of quaternary nitrogens is 1. The fraction of sp³-hybridized carbons (Fsp3) is 0.278. The number of rotatable bonds is 7. The van der Waals surface area contributed by atoms with E-state index < -0.39 is 4.92 Å². The van der Waals surface area contributed by atoms with Crippen molar-refractivity contribution in [1.82, 2.24) is 5.32 Å². The number of methoxy groups -OCH3 is 1. The van der Waals surface area contributed by atoms with Gasteiger partial charge < -0.3 is 20.3 Å². The first-order chi connectivity index (χ1) is 12.4. The van der Waals surface area contributed by atoms with Gasteiger partial charge in [-0.3, -0.25) is 10.1 Å². The summed E-state index contributed by atoms with van der Waals surface area (Å²) in [6.07, 6.45) is 0. The van der Waals surface area contributed by atoms with Gasteiger partial charge in [0.25, 0.3) is 5.69 Å². The van der Waals surface area contributed by atoms with Crippen LogP contribution < -0.4 is 20.3 Å².